The highest BCUT2D eigenvalue weighted by atomic mass is 16.7. The summed E-state index contributed by atoms with van der Waals surface area (Å²) in [7, 11) is 5.99. The zero-order chi connectivity index (χ0) is 32.9. The molecule has 0 unspecified atom stereocenters. The van der Waals surface area contributed by atoms with Crippen LogP contribution in [0, 0.1) is 10.1 Å². The molecule has 0 aromatic heterocycles. The first-order valence-corrected chi connectivity index (χ1v) is 13.4. The quantitative estimate of drug-likeness (QED) is 0.0408. The van der Waals surface area contributed by atoms with E-state index in [1.54, 1.807) is 62.6 Å². The van der Waals surface area contributed by atoms with Gasteiger partial charge in [0.1, 0.15) is 11.6 Å². The molecule has 0 bridgehead atoms. The van der Waals surface area contributed by atoms with Gasteiger partial charge < -0.3 is 39.5 Å². The van der Waals surface area contributed by atoms with Crippen LogP contribution in [0.15, 0.2) is 35.3 Å². The Morgan fingerprint density at radius 3 is 2.09 bits per heavy atom. The number of guanidine groups is 1. The zero-order valence-corrected chi connectivity index (χ0v) is 25.8. The number of esters is 1. The summed E-state index contributed by atoms with van der Waals surface area (Å²) in [6.07, 6.45) is 3.06. The van der Waals surface area contributed by atoms with E-state index in [2.05, 4.69) is 10.3 Å². The number of amides is 1. The van der Waals surface area contributed by atoms with Gasteiger partial charge in [0.05, 0.1) is 28.4 Å². The molecule has 4 N–H and O–H groups in total. The third kappa shape index (κ3) is 11.2. The predicted octanol–water partition coefficient (Wildman–Crippen LogP) is 3.57. The van der Waals surface area contributed by atoms with Gasteiger partial charge in [-0.05, 0) is 69.0 Å². The minimum atomic E-state index is -1.15. The lowest BCUT2D eigenvalue weighted by Gasteiger charge is -2.23. The number of ether oxygens (including phenoxy) is 6. The predicted molar refractivity (Wildman–Crippen MR) is 163 cm³/mol. The van der Waals surface area contributed by atoms with Crippen molar-refractivity contribution < 1.29 is 43.0 Å². The molecule has 15 heteroatoms. The first kappa shape index (κ1) is 35.0. The molecule has 0 aliphatic heterocycles. The van der Waals surface area contributed by atoms with E-state index in [9.17, 15) is 19.7 Å². The number of hydrogen-bond acceptors (Lipinski definition) is 11. The van der Waals surface area contributed by atoms with Crippen LogP contribution in [0.3, 0.4) is 0 Å². The average Bonchev–Trinajstić information content (AvgIpc) is 2.95. The SMILES string of the molecule is COc1ccc(C=Cc2cc(OC)c(OC)c(OC)c2)cc1OC(=O)[C@H](CCCN=C(N)N[N+](=O)[O-])NC(=O)OC(C)(C)C. The van der Waals surface area contributed by atoms with Crippen molar-refractivity contribution in [2.75, 3.05) is 35.0 Å². The van der Waals surface area contributed by atoms with Gasteiger partial charge in [-0.25, -0.2) is 24.7 Å². The van der Waals surface area contributed by atoms with Crippen molar-refractivity contribution in [3.05, 3.63) is 51.6 Å². The van der Waals surface area contributed by atoms with Crippen molar-refractivity contribution in [2.24, 2.45) is 10.7 Å². The lowest BCUT2D eigenvalue weighted by atomic mass is 10.1. The van der Waals surface area contributed by atoms with E-state index in [0.29, 0.717) is 22.8 Å². The second-order valence-corrected chi connectivity index (χ2v) is 10.1. The minimum Gasteiger partial charge on any atom is -0.493 e. The van der Waals surface area contributed by atoms with Crippen molar-refractivity contribution in [2.45, 2.75) is 45.3 Å². The van der Waals surface area contributed by atoms with E-state index in [-0.39, 0.29) is 30.9 Å². The summed E-state index contributed by atoms with van der Waals surface area (Å²) in [5.74, 6) is 0.642. The maximum Gasteiger partial charge on any atom is 0.408 e. The second kappa shape index (κ2) is 16.4. The molecular weight excluding hydrogens is 578 g/mol. The van der Waals surface area contributed by atoms with Gasteiger partial charge in [0.2, 0.25) is 5.75 Å². The fourth-order valence-electron chi connectivity index (χ4n) is 3.77. The van der Waals surface area contributed by atoms with Crippen molar-refractivity contribution in [3.8, 4) is 28.7 Å². The van der Waals surface area contributed by atoms with Gasteiger partial charge >= 0.3 is 12.1 Å². The Hall–Kier alpha value is -5.21. The Morgan fingerprint density at radius 1 is 0.955 bits per heavy atom. The Kier molecular flexibility index (Phi) is 13.1. The molecule has 0 spiro atoms. The van der Waals surface area contributed by atoms with Gasteiger partial charge in [0, 0.05) is 6.54 Å². The number of hydrogen-bond donors (Lipinski definition) is 3. The Bertz CT molecular complexity index is 1350. The molecule has 0 aliphatic rings. The molecule has 1 amide bonds. The summed E-state index contributed by atoms with van der Waals surface area (Å²) in [5.41, 5.74) is 7.78. The summed E-state index contributed by atoms with van der Waals surface area (Å²) in [4.78, 5) is 40.1. The van der Waals surface area contributed by atoms with E-state index >= 15 is 0 Å². The Morgan fingerprint density at radius 2 is 1.55 bits per heavy atom. The third-order valence-corrected chi connectivity index (χ3v) is 5.67. The number of carbonyl (C=O) groups excluding carboxylic acids is 2. The number of methoxy groups -OCH3 is 4. The van der Waals surface area contributed by atoms with Crippen molar-refractivity contribution in [1.29, 1.82) is 0 Å². The van der Waals surface area contributed by atoms with Crippen LogP contribution in [-0.4, -0.2) is 69.7 Å². The summed E-state index contributed by atoms with van der Waals surface area (Å²) >= 11 is 0. The van der Waals surface area contributed by atoms with Gasteiger partial charge in [0.15, 0.2) is 28.0 Å². The topological polar surface area (TPSA) is 195 Å². The summed E-state index contributed by atoms with van der Waals surface area (Å²) < 4.78 is 32.5. The average molecular weight is 618 g/mol. The highest BCUT2D eigenvalue weighted by Gasteiger charge is 2.26. The van der Waals surface area contributed by atoms with Crippen LogP contribution in [0.25, 0.3) is 12.2 Å². The number of nitrogens with two attached hydrogens (primary N) is 1. The molecule has 2 aromatic rings. The maximum absolute atomic E-state index is 13.3. The Balaban J connectivity index is 2.28. The first-order chi connectivity index (χ1) is 20.8. The molecule has 0 saturated heterocycles. The second-order valence-electron chi connectivity index (χ2n) is 10.1. The number of alkyl carbamates (subject to hydrolysis) is 1. The van der Waals surface area contributed by atoms with Gasteiger partial charge in [-0.3, -0.25) is 0 Å². The molecule has 0 fully saturated rings. The van der Waals surface area contributed by atoms with Crippen molar-refractivity contribution >= 4 is 30.2 Å². The molecule has 2 rings (SSSR count). The van der Waals surface area contributed by atoms with E-state index in [0.717, 1.165) is 5.56 Å². The molecule has 0 heterocycles. The van der Waals surface area contributed by atoms with E-state index in [4.69, 9.17) is 34.2 Å². The lowest BCUT2D eigenvalue weighted by Crippen LogP contribution is -2.45. The minimum absolute atomic E-state index is 0.0387. The molecule has 2 aromatic carbocycles. The number of benzene rings is 2. The zero-order valence-electron chi connectivity index (χ0n) is 25.8. The molecule has 0 radical (unpaired) electrons. The molecule has 240 valence electrons. The first-order valence-electron chi connectivity index (χ1n) is 13.4. The lowest BCUT2D eigenvalue weighted by molar-refractivity contribution is -0.525. The fraction of sp³-hybridized carbons (Fsp3) is 0.414. The number of aliphatic imine (C=N–C) groups is 1. The third-order valence-electron chi connectivity index (χ3n) is 5.67. The number of nitrogens with one attached hydrogen (secondary N) is 2. The standard InChI is InChI=1S/C29H39N5O10/c1-29(2,3)44-28(36)32-20(9-8-14-31-27(30)33-34(37)38)26(35)43-22-15-18(12-13-21(22)39-4)10-11-19-16-23(40-5)25(42-7)24(17-19)41-6/h10-13,15-17,20H,8-9,14H2,1-7H3,(H,32,36)(H3,30,31,33)/t20-/m0/s1. The molecule has 44 heavy (non-hydrogen) atoms. The van der Waals surface area contributed by atoms with Crippen LogP contribution in [0.2, 0.25) is 0 Å². The maximum atomic E-state index is 13.3. The molecule has 0 saturated carbocycles. The van der Waals surface area contributed by atoms with E-state index in [1.807, 2.05) is 6.08 Å². The van der Waals surface area contributed by atoms with Crippen LogP contribution in [0.5, 0.6) is 28.7 Å². The number of carbonyl (C=O) groups is 2. The number of nitrogens with zero attached hydrogens (tertiary/aromatic N) is 2. The highest BCUT2D eigenvalue weighted by Crippen LogP contribution is 2.39. The molecule has 0 aliphatic carbocycles. The smallest absolute Gasteiger partial charge is 0.408 e. The highest BCUT2D eigenvalue weighted by molar-refractivity contribution is 5.84. The summed E-state index contributed by atoms with van der Waals surface area (Å²) in [6, 6.07) is 7.41. The number of hydrazine groups is 1. The van der Waals surface area contributed by atoms with Crippen molar-refractivity contribution in [3.63, 3.8) is 0 Å². The molecule has 15 nitrogen and oxygen atoms in total. The number of nitro groups is 1. The summed E-state index contributed by atoms with van der Waals surface area (Å²) in [6.45, 7) is 5.09. The normalized spacial score (nSPS) is 12.2. The van der Waals surface area contributed by atoms with E-state index < -0.39 is 34.7 Å². The fourth-order valence-corrected chi connectivity index (χ4v) is 3.77. The largest absolute Gasteiger partial charge is 0.493 e. The molecular formula is C29H39N5O10. The molecule has 1 atom stereocenters. The van der Waals surface area contributed by atoms with Crippen LogP contribution in [0.4, 0.5) is 4.79 Å². The van der Waals surface area contributed by atoms with Crippen LogP contribution in [0.1, 0.15) is 44.7 Å². The van der Waals surface area contributed by atoms with Crippen molar-refractivity contribution in [1.82, 2.24) is 10.7 Å². The monoisotopic (exact) mass is 617 g/mol. The van der Waals surface area contributed by atoms with Gasteiger partial charge in [-0.2, -0.15) is 0 Å². The van der Waals surface area contributed by atoms with E-state index in [1.165, 1.54) is 28.4 Å². The van der Waals surface area contributed by atoms with Crippen LogP contribution >= 0.6 is 0 Å². The van der Waals surface area contributed by atoms with Crippen LogP contribution < -0.4 is 40.2 Å². The number of rotatable bonds is 14. The van der Waals surface area contributed by atoms with Crippen LogP contribution in [-0.2, 0) is 9.53 Å². The Labute approximate surface area is 255 Å². The summed E-state index contributed by atoms with van der Waals surface area (Å²) in [5, 5.41) is 12.2. The van der Waals surface area contributed by atoms with Gasteiger partial charge in [-0.15, -0.1) is 0 Å². The van der Waals surface area contributed by atoms with Gasteiger partial charge in [-0.1, -0.05) is 23.6 Å². The van der Waals surface area contributed by atoms with Gasteiger partial charge in [0.25, 0.3) is 5.96 Å².